The molecule has 2 N–H and O–H groups in total. The molecule has 1 unspecified atom stereocenters. The van der Waals surface area contributed by atoms with Gasteiger partial charge in [0.05, 0.1) is 6.54 Å². The monoisotopic (exact) mass is 413 g/mol. The smallest absolute Gasteiger partial charge is 0.222 e. The molecule has 0 aliphatic carbocycles. The van der Waals surface area contributed by atoms with Crippen LogP contribution in [0.4, 0.5) is 0 Å². The largest absolute Gasteiger partial charge is 0.357 e. The van der Waals surface area contributed by atoms with Gasteiger partial charge < -0.3 is 15.5 Å². The van der Waals surface area contributed by atoms with Crippen LogP contribution in [-0.4, -0.2) is 60.4 Å². The predicted molar refractivity (Wildman–Crippen MR) is 123 cm³/mol. The average Bonchev–Trinajstić information content (AvgIpc) is 3.22. The molecule has 1 aromatic rings. The minimum Gasteiger partial charge on any atom is -0.357 e. The van der Waals surface area contributed by atoms with Crippen molar-refractivity contribution >= 4 is 11.9 Å². The lowest BCUT2D eigenvalue weighted by Crippen LogP contribution is -2.45. The van der Waals surface area contributed by atoms with Gasteiger partial charge in [0.2, 0.25) is 5.91 Å². The van der Waals surface area contributed by atoms with Crippen LogP contribution >= 0.6 is 0 Å². The molecule has 166 valence electrons. The second-order valence-corrected chi connectivity index (χ2v) is 8.80. The summed E-state index contributed by atoms with van der Waals surface area (Å²) < 4.78 is 0. The lowest BCUT2D eigenvalue weighted by molar-refractivity contribution is -0.129. The molecule has 2 saturated heterocycles. The molecule has 2 aliphatic heterocycles. The van der Waals surface area contributed by atoms with Gasteiger partial charge in [-0.15, -0.1) is 0 Å². The first-order valence-electron chi connectivity index (χ1n) is 11.7. The number of aliphatic imine (C=N–C) groups is 1. The molecule has 0 aromatic heterocycles. The van der Waals surface area contributed by atoms with Gasteiger partial charge in [0, 0.05) is 38.6 Å². The van der Waals surface area contributed by atoms with Crippen LogP contribution in [0, 0.1) is 5.92 Å². The number of rotatable bonds is 7. The Kier molecular flexibility index (Phi) is 8.55. The lowest BCUT2D eigenvalue weighted by atomic mass is 9.98. The van der Waals surface area contributed by atoms with Gasteiger partial charge >= 0.3 is 0 Å². The average molecular weight is 414 g/mol. The second kappa shape index (κ2) is 11.3. The molecule has 0 saturated carbocycles. The molecule has 2 aliphatic rings. The molecule has 2 fully saturated rings. The number of likely N-dealkylation sites (tertiary alicyclic amines) is 2. The van der Waals surface area contributed by atoms with Crippen LogP contribution in [0.1, 0.15) is 57.6 Å². The maximum absolute atomic E-state index is 11.9. The number of hydrogen-bond donors (Lipinski definition) is 2. The van der Waals surface area contributed by atoms with Crippen LogP contribution in [0.15, 0.2) is 29.3 Å². The minimum atomic E-state index is 0.237. The van der Waals surface area contributed by atoms with E-state index >= 15 is 0 Å². The Bertz CT molecular complexity index is 711. The number of guanidine groups is 1. The molecule has 6 heteroatoms. The number of carbonyl (C=O) groups excluding carboxylic acids is 1. The van der Waals surface area contributed by atoms with Gasteiger partial charge in [-0.3, -0.25) is 9.69 Å². The number of benzene rings is 1. The molecule has 2 heterocycles. The van der Waals surface area contributed by atoms with Crippen molar-refractivity contribution in [2.45, 2.75) is 65.6 Å². The van der Waals surface area contributed by atoms with E-state index in [-0.39, 0.29) is 11.9 Å². The Balaban J connectivity index is 1.55. The van der Waals surface area contributed by atoms with Gasteiger partial charge in [-0.05, 0) is 56.3 Å². The van der Waals surface area contributed by atoms with Crippen LogP contribution in [0.5, 0.6) is 0 Å². The summed E-state index contributed by atoms with van der Waals surface area (Å²) in [5, 5.41) is 6.87. The SMILES string of the molecule is CCNC(=NCc1cccc(CN2CCC(C)CC2)c1)NC1CCN(C(=O)CC)C1. The van der Waals surface area contributed by atoms with E-state index in [9.17, 15) is 4.79 Å². The summed E-state index contributed by atoms with van der Waals surface area (Å²) in [5.74, 6) is 1.94. The fourth-order valence-corrected chi connectivity index (χ4v) is 4.32. The van der Waals surface area contributed by atoms with Gasteiger partial charge in [0.25, 0.3) is 0 Å². The van der Waals surface area contributed by atoms with Gasteiger partial charge in [0.15, 0.2) is 5.96 Å². The fraction of sp³-hybridized carbons (Fsp3) is 0.667. The highest BCUT2D eigenvalue weighted by Crippen LogP contribution is 2.18. The second-order valence-electron chi connectivity index (χ2n) is 8.80. The van der Waals surface area contributed by atoms with Gasteiger partial charge in [0.1, 0.15) is 0 Å². The molecule has 1 amide bonds. The fourth-order valence-electron chi connectivity index (χ4n) is 4.32. The molecule has 0 radical (unpaired) electrons. The van der Waals surface area contributed by atoms with E-state index < -0.39 is 0 Å². The Labute approximate surface area is 182 Å². The van der Waals surface area contributed by atoms with E-state index in [2.05, 4.69) is 53.6 Å². The topological polar surface area (TPSA) is 60.0 Å². The summed E-state index contributed by atoms with van der Waals surface area (Å²) >= 11 is 0. The summed E-state index contributed by atoms with van der Waals surface area (Å²) in [6.45, 7) is 12.9. The molecule has 1 aromatic carbocycles. The number of carbonyl (C=O) groups is 1. The van der Waals surface area contributed by atoms with Crippen LogP contribution in [0.25, 0.3) is 0 Å². The van der Waals surface area contributed by atoms with Crippen molar-refractivity contribution in [2.24, 2.45) is 10.9 Å². The maximum atomic E-state index is 11.9. The van der Waals surface area contributed by atoms with Crippen molar-refractivity contribution in [2.75, 3.05) is 32.7 Å². The molecule has 1 atom stereocenters. The van der Waals surface area contributed by atoms with E-state index in [0.29, 0.717) is 13.0 Å². The normalized spacial score (nSPS) is 21.1. The van der Waals surface area contributed by atoms with Crippen LogP contribution in [0.3, 0.4) is 0 Å². The Morgan fingerprint density at radius 1 is 1.13 bits per heavy atom. The first-order valence-corrected chi connectivity index (χ1v) is 11.7. The summed E-state index contributed by atoms with van der Waals surface area (Å²) in [7, 11) is 0. The Morgan fingerprint density at radius 2 is 1.90 bits per heavy atom. The third kappa shape index (κ3) is 6.73. The number of hydrogen-bond acceptors (Lipinski definition) is 3. The third-order valence-electron chi connectivity index (χ3n) is 6.22. The van der Waals surface area contributed by atoms with Crippen LogP contribution < -0.4 is 10.6 Å². The van der Waals surface area contributed by atoms with E-state index in [1.54, 1.807) is 0 Å². The van der Waals surface area contributed by atoms with E-state index in [1.165, 1.54) is 37.1 Å². The van der Waals surface area contributed by atoms with Gasteiger partial charge in [-0.1, -0.05) is 38.1 Å². The van der Waals surface area contributed by atoms with Crippen molar-refractivity contribution in [1.29, 1.82) is 0 Å². The van der Waals surface area contributed by atoms with Gasteiger partial charge in [-0.2, -0.15) is 0 Å². The Morgan fingerprint density at radius 3 is 2.63 bits per heavy atom. The molecule has 0 spiro atoms. The first kappa shape index (κ1) is 22.6. The van der Waals surface area contributed by atoms with Crippen molar-refractivity contribution in [1.82, 2.24) is 20.4 Å². The highest BCUT2D eigenvalue weighted by atomic mass is 16.2. The summed E-state index contributed by atoms with van der Waals surface area (Å²) in [5.41, 5.74) is 2.61. The number of amides is 1. The van der Waals surface area contributed by atoms with Gasteiger partial charge in [-0.25, -0.2) is 4.99 Å². The number of piperidine rings is 1. The number of nitrogens with one attached hydrogen (secondary N) is 2. The lowest BCUT2D eigenvalue weighted by Gasteiger charge is -2.30. The van der Waals surface area contributed by atoms with E-state index in [4.69, 9.17) is 4.99 Å². The molecule has 0 bridgehead atoms. The van der Waals surface area contributed by atoms with Crippen LogP contribution in [0.2, 0.25) is 0 Å². The van der Waals surface area contributed by atoms with Crippen LogP contribution in [-0.2, 0) is 17.9 Å². The summed E-state index contributed by atoms with van der Waals surface area (Å²) in [6, 6.07) is 9.10. The zero-order chi connectivity index (χ0) is 21.3. The molecule has 30 heavy (non-hydrogen) atoms. The maximum Gasteiger partial charge on any atom is 0.222 e. The zero-order valence-corrected chi connectivity index (χ0v) is 19.0. The minimum absolute atomic E-state index is 0.237. The highest BCUT2D eigenvalue weighted by molar-refractivity contribution is 5.80. The first-order chi connectivity index (χ1) is 14.6. The standard InChI is InChI=1S/C24H39N5O/c1-4-23(30)29-14-11-22(18-29)27-24(25-5-2)26-16-20-7-6-8-21(15-20)17-28-12-9-19(3)10-13-28/h6-8,15,19,22H,4-5,9-14,16-18H2,1-3H3,(H2,25,26,27). The zero-order valence-electron chi connectivity index (χ0n) is 19.0. The quantitative estimate of drug-likeness (QED) is 0.533. The molecule has 6 nitrogen and oxygen atoms in total. The predicted octanol–water partition coefficient (Wildman–Crippen LogP) is 2.98. The highest BCUT2D eigenvalue weighted by Gasteiger charge is 2.25. The number of nitrogens with zero attached hydrogens (tertiary/aromatic N) is 3. The molecular weight excluding hydrogens is 374 g/mol. The van der Waals surface area contributed by atoms with E-state index in [0.717, 1.165) is 44.5 Å². The summed E-state index contributed by atoms with van der Waals surface area (Å²) in [6.07, 6.45) is 4.17. The molecular formula is C24H39N5O. The third-order valence-corrected chi connectivity index (χ3v) is 6.22. The van der Waals surface area contributed by atoms with E-state index in [1.807, 2.05) is 11.8 Å². The Hall–Kier alpha value is -2.08. The van der Waals surface area contributed by atoms with Crippen molar-refractivity contribution in [3.63, 3.8) is 0 Å². The van der Waals surface area contributed by atoms with Crippen molar-refractivity contribution < 1.29 is 4.79 Å². The van der Waals surface area contributed by atoms with Crippen molar-refractivity contribution in [3.8, 4) is 0 Å². The van der Waals surface area contributed by atoms with Crippen molar-refractivity contribution in [3.05, 3.63) is 35.4 Å². The summed E-state index contributed by atoms with van der Waals surface area (Å²) in [4.78, 5) is 21.3. The molecule has 3 rings (SSSR count).